The first-order valence-electron chi connectivity index (χ1n) is 6.34. The van der Waals surface area contributed by atoms with Crippen LogP contribution in [-0.4, -0.2) is 31.8 Å². The quantitative estimate of drug-likeness (QED) is 0.758. The van der Waals surface area contributed by atoms with Crippen molar-refractivity contribution in [2.24, 2.45) is 0 Å². The van der Waals surface area contributed by atoms with Crippen LogP contribution in [0.15, 0.2) is 32.4 Å². The maximum absolute atomic E-state index is 12.2. The van der Waals surface area contributed by atoms with Gasteiger partial charge >= 0.3 is 0 Å². The molecule has 0 bridgehead atoms. The summed E-state index contributed by atoms with van der Waals surface area (Å²) >= 11 is 3.13. The van der Waals surface area contributed by atoms with Crippen LogP contribution in [0.1, 0.15) is 11.3 Å². The molecule has 0 aliphatic carbocycles. The second-order valence-electron chi connectivity index (χ2n) is 4.56. The van der Waals surface area contributed by atoms with Crippen molar-refractivity contribution in [1.29, 1.82) is 0 Å². The fourth-order valence-corrected chi connectivity index (χ4v) is 3.82. The highest BCUT2D eigenvalue weighted by molar-refractivity contribution is 9.10. The largest absolute Gasteiger partial charge is 0.452 e. The minimum atomic E-state index is -3.61. The van der Waals surface area contributed by atoms with Crippen molar-refractivity contribution < 1.29 is 12.8 Å². The summed E-state index contributed by atoms with van der Waals surface area (Å²) in [6, 6.07) is 1.50. The van der Waals surface area contributed by atoms with Gasteiger partial charge in [-0.2, -0.15) is 5.10 Å². The minimum absolute atomic E-state index is 0.101. The molecule has 0 saturated heterocycles. The maximum Gasteiger partial charge on any atom is 0.245 e. The molecular weight excluding hydrogens is 360 g/mol. The number of rotatable bonds is 7. The van der Waals surface area contributed by atoms with E-state index in [2.05, 4.69) is 31.1 Å². The van der Waals surface area contributed by atoms with E-state index in [1.54, 1.807) is 17.9 Å². The molecule has 116 valence electrons. The van der Waals surface area contributed by atoms with Crippen molar-refractivity contribution in [2.75, 3.05) is 13.6 Å². The summed E-state index contributed by atoms with van der Waals surface area (Å²) in [6.07, 6.45) is 3.58. The Morgan fingerprint density at radius 1 is 1.48 bits per heavy atom. The smallest absolute Gasteiger partial charge is 0.245 e. The van der Waals surface area contributed by atoms with Crippen molar-refractivity contribution >= 4 is 26.0 Å². The van der Waals surface area contributed by atoms with Gasteiger partial charge in [-0.15, -0.1) is 0 Å². The lowest BCUT2D eigenvalue weighted by Crippen LogP contribution is -2.27. The predicted molar refractivity (Wildman–Crippen MR) is 81.3 cm³/mol. The molecular formula is C12H17BrN4O3S. The third-order valence-corrected chi connectivity index (χ3v) is 5.06. The van der Waals surface area contributed by atoms with Crippen molar-refractivity contribution in [2.45, 2.75) is 24.9 Å². The molecule has 2 rings (SSSR count). The Bertz CT molecular complexity index is 708. The van der Waals surface area contributed by atoms with E-state index >= 15 is 0 Å². The van der Waals surface area contributed by atoms with E-state index in [1.165, 1.54) is 6.07 Å². The van der Waals surface area contributed by atoms with Crippen LogP contribution in [0.4, 0.5) is 0 Å². The van der Waals surface area contributed by atoms with Crippen LogP contribution in [0.25, 0.3) is 0 Å². The Kier molecular flexibility index (Phi) is 5.20. The molecule has 0 fully saturated rings. The zero-order valence-corrected chi connectivity index (χ0v) is 14.2. The van der Waals surface area contributed by atoms with Crippen LogP contribution >= 0.6 is 15.9 Å². The van der Waals surface area contributed by atoms with Gasteiger partial charge in [0.1, 0.15) is 10.7 Å². The summed E-state index contributed by atoms with van der Waals surface area (Å²) in [5.74, 6) is 0.549. The molecule has 0 aliphatic heterocycles. The summed E-state index contributed by atoms with van der Waals surface area (Å²) in [4.78, 5) is 0.101. The molecule has 2 aromatic rings. The van der Waals surface area contributed by atoms with Gasteiger partial charge in [0.15, 0.2) is 4.67 Å². The number of hydrogen-bond acceptors (Lipinski definition) is 5. The summed E-state index contributed by atoms with van der Waals surface area (Å²) < 4.78 is 34.2. The average molecular weight is 377 g/mol. The molecule has 9 heteroatoms. The summed E-state index contributed by atoms with van der Waals surface area (Å²) in [5, 5.41) is 7.00. The highest BCUT2D eigenvalue weighted by atomic mass is 79.9. The van der Waals surface area contributed by atoms with Crippen LogP contribution in [-0.2, 0) is 23.1 Å². The van der Waals surface area contributed by atoms with Crippen molar-refractivity contribution in [3.8, 4) is 0 Å². The molecule has 0 aliphatic rings. The normalized spacial score (nSPS) is 12.0. The Balaban J connectivity index is 2.01. The van der Waals surface area contributed by atoms with Gasteiger partial charge in [0.2, 0.25) is 10.0 Å². The highest BCUT2D eigenvalue weighted by Gasteiger charge is 2.21. The summed E-state index contributed by atoms with van der Waals surface area (Å²) in [7, 11) is -1.85. The molecule has 0 unspecified atom stereocenters. The Morgan fingerprint density at radius 2 is 2.24 bits per heavy atom. The number of aromatic nitrogens is 2. The van der Waals surface area contributed by atoms with E-state index < -0.39 is 10.0 Å². The molecule has 0 amide bonds. The first-order valence-corrected chi connectivity index (χ1v) is 8.61. The number of hydrogen-bond donors (Lipinski definition) is 2. The van der Waals surface area contributed by atoms with Gasteiger partial charge < -0.3 is 9.73 Å². The molecule has 0 radical (unpaired) electrons. The Labute approximate surface area is 131 Å². The van der Waals surface area contributed by atoms with Crippen molar-refractivity contribution in [3.63, 3.8) is 0 Å². The molecule has 7 nitrogen and oxygen atoms in total. The molecule has 0 aromatic carbocycles. The van der Waals surface area contributed by atoms with Gasteiger partial charge in [-0.3, -0.25) is 4.68 Å². The van der Waals surface area contributed by atoms with Gasteiger partial charge in [-0.05, 0) is 35.5 Å². The second kappa shape index (κ2) is 6.73. The monoisotopic (exact) mass is 376 g/mol. The van der Waals surface area contributed by atoms with Gasteiger partial charge in [0.25, 0.3) is 0 Å². The lowest BCUT2D eigenvalue weighted by Gasteiger charge is -2.05. The Morgan fingerprint density at radius 3 is 2.86 bits per heavy atom. The number of furan rings is 1. The standard InChI is InChI=1S/C12H17BrN4O3S/c1-9-6-15-17(8-9)4-3-16-21(18,19)11-5-10(7-14-2)20-12(11)13/h5-6,8,14,16H,3-4,7H2,1-2H3. The van der Waals surface area contributed by atoms with E-state index in [0.29, 0.717) is 18.8 Å². The molecule has 0 saturated carbocycles. The zero-order valence-electron chi connectivity index (χ0n) is 11.8. The molecule has 0 atom stereocenters. The lowest BCUT2D eigenvalue weighted by atomic mass is 10.4. The van der Waals surface area contributed by atoms with Gasteiger partial charge in [0.05, 0.1) is 19.3 Å². The molecule has 2 heterocycles. The van der Waals surface area contributed by atoms with Gasteiger partial charge in [-0.1, -0.05) is 0 Å². The van der Waals surface area contributed by atoms with E-state index in [-0.39, 0.29) is 16.1 Å². The van der Waals surface area contributed by atoms with Crippen LogP contribution in [0.2, 0.25) is 0 Å². The summed E-state index contributed by atoms with van der Waals surface area (Å²) in [6.45, 7) is 3.11. The topological polar surface area (TPSA) is 89.2 Å². The van der Waals surface area contributed by atoms with E-state index in [4.69, 9.17) is 4.42 Å². The van der Waals surface area contributed by atoms with Crippen molar-refractivity contribution in [1.82, 2.24) is 19.8 Å². The van der Waals surface area contributed by atoms with E-state index in [0.717, 1.165) is 5.56 Å². The summed E-state index contributed by atoms with van der Waals surface area (Å²) in [5.41, 5.74) is 1.03. The second-order valence-corrected chi connectivity index (χ2v) is 7.02. The Hall–Kier alpha value is -1.16. The van der Waals surface area contributed by atoms with Gasteiger partial charge in [0, 0.05) is 18.8 Å². The first kappa shape index (κ1) is 16.2. The molecule has 21 heavy (non-hydrogen) atoms. The fraction of sp³-hybridized carbons (Fsp3) is 0.417. The average Bonchev–Trinajstić information content (AvgIpc) is 2.96. The van der Waals surface area contributed by atoms with Crippen LogP contribution < -0.4 is 10.0 Å². The maximum atomic E-state index is 12.2. The van der Waals surface area contributed by atoms with E-state index in [1.807, 2.05) is 13.1 Å². The number of aryl methyl sites for hydroxylation is 1. The molecule has 2 aromatic heterocycles. The van der Waals surface area contributed by atoms with Crippen LogP contribution in [0.3, 0.4) is 0 Å². The van der Waals surface area contributed by atoms with Crippen molar-refractivity contribution in [3.05, 3.63) is 34.5 Å². The lowest BCUT2D eigenvalue weighted by molar-refractivity contribution is 0.470. The van der Waals surface area contributed by atoms with Crippen LogP contribution in [0, 0.1) is 6.92 Å². The third kappa shape index (κ3) is 4.16. The number of sulfonamides is 1. The number of nitrogens with zero attached hydrogens (tertiary/aromatic N) is 2. The zero-order chi connectivity index (χ0) is 15.5. The van der Waals surface area contributed by atoms with E-state index in [9.17, 15) is 8.42 Å². The minimum Gasteiger partial charge on any atom is -0.452 e. The number of halogens is 1. The highest BCUT2D eigenvalue weighted by Crippen LogP contribution is 2.25. The van der Waals surface area contributed by atoms with Gasteiger partial charge in [-0.25, -0.2) is 13.1 Å². The number of nitrogens with one attached hydrogen (secondary N) is 2. The first-order chi connectivity index (χ1) is 9.92. The fourth-order valence-electron chi connectivity index (χ4n) is 1.80. The predicted octanol–water partition coefficient (Wildman–Crippen LogP) is 1.24. The SMILES string of the molecule is CNCc1cc(S(=O)(=O)NCCn2cc(C)cn2)c(Br)o1. The molecule has 0 spiro atoms. The molecule has 2 N–H and O–H groups in total. The van der Waals surface area contributed by atoms with Crippen LogP contribution in [0.5, 0.6) is 0 Å². The third-order valence-electron chi connectivity index (χ3n) is 2.74.